The normalized spacial score (nSPS) is 20.9. The minimum atomic E-state index is 0.440. The van der Waals surface area contributed by atoms with Crippen molar-refractivity contribution in [2.24, 2.45) is 5.92 Å². The molecular weight excluding hydrogens is 294 g/mol. The summed E-state index contributed by atoms with van der Waals surface area (Å²) in [4.78, 5) is 0. The fourth-order valence-electron chi connectivity index (χ4n) is 2.52. The Bertz CT molecular complexity index is 391. The first-order chi connectivity index (χ1) is 8.74. The third-order valence-electron chi connectivity index (χ3n) is 3.59. The number of ether oxygens (including phenoxy) is 2. The number of benzene rings is 1. The molecular formula is C14H20BrNO2. The molecule has 1 saturated heterocycles. The molecule has 3 nitrogen and oxygen atoms in total. The summed E-state index contributed by atoms with van der Waals surface area (Å²) in [6.07, 6.45) is 2.11. The van der Waals surface area contributed by atoms with E-state index in [0.29, 0.717) is 12.0 Å². The highest BCUT2D eigenvalue weighted by Gasteiger charge is 2.25. The van der Waals surface area contributed by atoms with Crippen LogP contribution in [0.2, 0.25) is 0 Å². The van der Waals surface area contributed by atoms with E-state index in [1.807, 2.05) is 19.2 Å². The summed E-state index contributed by atoms with van der Waals surface area (Å²) < 4.78 is 12.0. The zero-order chi connectivity index (χ0) is 13.0. The van der Waals surface area contributed by atoms with Crippen LogP contribution in [-0.4, -0.2) is 33.4 Å². The topological polar surface area (TPSA) is 30.5 Å². The van der Waals surface area contributed by atoms with Gasteiger partial charge < -0.3 is 14.8 Å². The van der Waals surface area contributed by atoms with E-state index in [1.165, 1.54) is 5.56 Å². The minimum Gasteiger partial charge on any atom is -0.496 e. The molecule has 18 heavy (non-hydrogen) atoms. The van der Waals surface area contributed by atoms with E-state index in [4.69, 9.17) is 9.47 Å². The van der Waals surface area contributed by atoms with Crippen LogP contribution in [0.15, 0.2) is 22.7 Å². The van der Waals surface area contributed by atoms with Gasteiger partial charge in [0.05, 0.1) is 13.7 Å². The third kappa shape index (κ3) is 3.25. The van der Waals surface area contributed by atoms with E-state index >= 15 is 0 Å². The molecule has 1 heterocycles. The summed E-state index contributed by atoms with van der Waals surface area (Å²) in [6, 6.07) is 6.60. The number of hydrogen-bond donors (Lipinski definition) is 1. The van der Waals surface area contributed by atoms with Crippen LogP contribution in [-0.2, 0) is 11.2 Å². The highest BCUT2D eigenvalue weighted by molar-refractivity contribution is 9.10. The molecule has 2 atom stereocenters. The molecule has 1 aromatic rings. The fourth-order valence-corrected chi connectivity index (χ4v) is 2.93. The van der Waals surface area contributed by atoms with Gasteiger partial charge in [0.2, 0.25) is 0 Å². The second-order valence-corrected chi connectivity index (χ2v) is 5.59. The maximum atomic E-state index is 5.48. The van der Waals surface area contributed by atoms with Crippen LogP contribution in [0.25, 0.3) is 0 Å². The molecule has 0 amide bonds. The van der Waals surface area contributed by atoms with E-state index in [0.717, 1.165) is 36.3 Å². The number of rotatable bonds is 5. The predicted octanol–water partition coefficient (Wildman–Crippen LogP) is 2.62. The first-order valence-corrected chi connectivity index (χ1v) is 7.11. The lowest BCUT2D eigenvalue weighted by molar-refractivity contribution is 0.177. The van der Waals surface area contributed by atoms with Crippen LogP contribution < -0.4 is 10.1 Å². The van der Waals surface area contributed by atoms with Gasteiger partial charge in [0.1, 0.15) is 5.75 Å². The van der Waals surface area contributed by atoms with E-state index in [9.17, 15) is 0 Å². The van der Waals surface area contributed by atoms with Gasteiger partial charge in [-0.3, -0.25) is 0 Å². The van der Waals surface area contributed by atoms with Gasteiger partial charge in [0.25, 0.3) is 0 Å². The quantitative estimate of drug-likeness (QED) is 0.906. The van der Waals surface area contributed by atoms with Crippen molar-refractivity contribution < 1.29 is 9.47 Å². The van der Waals surface area contributed by atoms with E-state index < -0.39 is 0 Å². The van der Waals surface area contributed by atoms with Crippen molar-refractivity contribution >= 4 is 15.9 Å². The second-order valence-electron chi connectivity index (χ2n) is 4.68. The Balaban J connectivity index is 2.12. The molecule has 0 bridgehead atoms. The number of hydrogen-bond acceptors (Lipinski definition) is 3. The monoisotopic (exact) mass is 313 g/mol. The number of methoxy groups -OCH3 is 1. The average molecular weight is 314 g/mol. The summed E-state index contributed by atoms with van der Waals surface area (Å²) in [5, 5.41) is 3.41. The van der Waals surface area contributed by atoms with Crippen LogP contribution in [0.5, 0.6) is 5.75 Å². The summed E-state index contributed by atoms with van der Waals surface area (Å²) in [6.45, 7) is 1.75. The summed E-state index contributed by atoms with van der Waals surface area (Å²) in [5.74, 6) is 1.55. The number of nitrogens with one attached hydrogen (secondary N) is 1. The summed E-state index contributed by atoms with van der Waals surface area (Å²) in [5.41, 5.74) is 1.23. The lowest BCUT2D eigenvalue weighted by Gasteiger charge is -2.23. The molecule has 0 saturated carbocycles. The van der Waals surface area contributed by atoms with Crippen molar-refractivity contribution in [3.05, 3.63) is 28.2 Å². The van der Waals surface area contributed by atoms with Crippen molar-refractivity contribution in [2.45, 2.75) is 18.9 Å². The summed E-state index contributed by atoms with van der Waals surface area (Å²) in [7, 11) is 3.74. The van der Waals surface area contributed by atoms with Gasteiger partial charge in [0.15, 0.2) is 0 Å². The van der Waals surface area contributed by atoms with Gasteiger partial charge in [-0.1, -0.05) is 15.9 Å². The van der Waals surface area contributed by atoms with Crippen LogP contribution in [0.1, 0.15) is 12.0 Å². The predicted molar refractivity (Wildman–Crippen MR) is 76.2 cm³/mol. The van der Waals surface area contributed by atoms with Crippen LogP contribution >= 0.6 is 15.9 Å². The maximum Gasteiger partial charge on any atom is 0.122 e. The van der Waals surface area contributed by atoms with Crippen LogP contribution in [0.4, 0.5) is 0 Å². The van der Waals surface area contributed by atoms with Crippen molar-refractivity contribution in [1.29, 1.82) is 0 Å². The Morgan fingerprint density at radius 1 is 1.56 bits per heavy atom. The fraction of sp³-hybridized carbons (Fsp3) is 0.571. The van der Waals surface area contributed by atoms with Crippen molar-refractivity contribution in [1.82, 2.24) is 5.32 Å². The van der Waals surface area contributed by atoms with Crippen molar-refractivity contribution in [2.75, 3.05) is 27.4 Å². The standard InChI is InChI=1S/C14H20BrNO2/c1-16-13(10-5-6-18-9-10)8-11-7-12(15)3-4-14(11)17-2/h3-4,7,10,13,16H,5-6,8-9H2,1-2H3. The summed E-state index contributed by atoms with van der Waals surface area (Å²) >= 11 is 3.52. The molecule has 2 unspecified atom stereocenters. The highest BCUT2D eigenvalue weighted by Crippen LogP contribution is 2.27. The van der Waals surface area contributed by atoms with Crippen molar-refractivity contribution in [3.8, 4) is 5.75 Å². The molecule has 1 fully saturated rings. The SMILES string of the molecule is CNC(Cc1cc(Br)ccc1OC)C1CCOC1. The van der Waals surface area contributed by atoms with Gasteiger partial charge in [0, 0.05) is 23.0 Å². The molecule has 2 rings (SSSR count). The van der Waals surface area contributed by atoms with E-state index in [1.54, 1.807) is 7.11 Å². The molecule has 100 valence electrons. The minimum absolute atomic E-state index is 0.440. The highest BCUT2D eigenvalue weighted by atomic mass is 79.9. The Morgan fingerprint density at radius 3 is 3.00 bits per heavy atom. The van der Waals surface area contributed by atoms with Crippen LogP contribution in [0, 0.1) is 5.92 Å². The lowest BCUT2D eigenvalue weighted by Crippen LogP contribution is -2.36. The molecule has 0 aliphatic carbocycles. The number of halogens is 1. The van der Waals surface area contributed by atoms with Gasteiger partial charge in [-0.2, -0.15) is 0 Å². The number of likely N-dealkylation sites (N-methyl/N-ethyl adjacent to an activating group) is 1. The Labute approximate surface area is 117 Å². The molecule has 0 spiro atoms. The third-order valence-corrected chi connectivity index (χ3v) is 4.08. The molecule has 0 radical (unpaired) electrons. The molecule has 1 aliphatic rings. The first-order valence-electron chi connectivity index (χ1n) is 6.32. The average Bonchev–Trinajstić information content (AvgIpc) is 2.90. The zero-order valence-electron chi connectivity index (χ0n) is 10.9. The molecule has 1 aliphatic heterocycles. The molecule has 0 aromatic heterocycles. The van der Waals surface area contributed by atoms with Crippen molar-refractivity contribution in [3.63, 3.8) is 0 Å². The second kappa shape index (κ2) is 6.55. The lowest BCUT2D eigenvalue weighted by atomic mass is 9.92. The van der Waals surface area contributed by atoms with Gasteiger partial charge >= 0.3 is 0 Å². The Kier molecular flexibility index (Phi) is 5.03. The van der Waals surface area contributed by atoms with E-state index in [2.05, 4.69) is 27.3 Å². The molecule has 1 aromatic carbocycles. The smallest absolute Gasteiger partial charge is 0.122 e. The van der Waals surface area contributed by atoms with Gasteiger partial charge in [-0.25, -0.2) is 0 Å². The largest absolute Gasteiger partial charge is 0.496 e. The van der Waals surface area contributed by atoms with Gasteiger partial charge in [-0.15, -0.1) is 0 Å². The van der Waals surface area contributed by atoms with Gasteiger partial charge in [-0.05, 0) is 43.7 Å². The Morgan fingerprint density at radius 2 is 2.39 bits per heavy atom. The Hall–Kier alpha value is -0.580. The van der Waals surface area contributed by atoms with E-state index in [-0.39, 0.29) is 0 Å². The van der Waals surface area contributed by atoms with Crippen LogP contribution in [0.3, 0.4) is 0 Å². The zero-order valence-corrected chi connectivity index (χ0v) is 12.5. The first kappa shape index (κ1) is 13.8. The molecule has 1 N–H and O–H groups in total. The molecule has 4 heteroatoms. The maximum absolute atomic E-state index is 5.48.